The number of halogens is 3. The maximum Gasteiger partial charge on any atom is 0.0453 e. The second-order valence-corrected chi connectivity index (χ2v) is 6.30. The fraction of sp³-hybridized carbons (Fsp3) is 0.200. The average molecular weight is 374 g/mol. The second-order valence-electron chi connectivity index (χ2n) is 4.60. The number of nitrogens with one attached hydrogen (secondary N) is 1. The molecule has 2 aromatic rings. The van der Waals surface area contributed by atoms with Crippen molar-refractivity contribution in [3.05, 3.63) is 68.1 Å². The van der Waals surface area contributed by atoms with Crippen molar-refractivity contribution in [1.29, 1.82) is 0 Å². The lowest BCUT2D eigenvalue weighted by Crippen LogP contribution is -2.38. The van der Waals surface area contributed by atoms with Crippen molar-refractivity contribution in [2.24, 2.45) is 5.84 Å². The first-order valence-electron chi connectivity index (χ1n) is 6.23. The SMILES string of the molecule is NNC(Cc1ccc(Cl)cc1Cl)Cc1ccccc1Br. The van der Waals surface area contributed by atoms with Crippen molar-refractivity contribution >= 4 is 39.1 Å². The molecule has 5 heteroatoms. The van der Waals surface area contributed by atoms with E-state index in [4.69, 9.17) is 29.0 Å². The van der Waals surface area contributed by atoms with E-state index in [1.807, 2.05) is 30.3 Å². The van der Waals surface area contributed by atoms with Gasteiger partial charge in [-0.3, -0.25) is 11.3 Å². The zero-order valence-corrected chi connectivity index (χ0v) is 13.8. The summed E-state index contributed by atoms with van der Waals surface area (Å²) in [5.74, 6) is 5.66. The minimum absolute atomic E-state index is 0.104. The van der Waals surface area contributed by atoms with Gasteiger partial charge in [0.15, 0.2) is 0 Å². The first-order valence-corrected chi connectivity index (χ1v) is 7.78. The fourth-order valence-electron chi connectivity index (χ4n) is 2.07. The lowest BCUT2D eigenvalue weighted by molar-refractivity contribution is 0.522. The number of hydrogen-bond acceptors (Lipinski definition) is 2. The molecule has 0 fully saturated rings. The van der Waals surface area contributed by atoms with Crippen molar-refractivity contribution in [3.8, 4) is 0 Å². The van der Waals surface area contributed by atoms with Crippen LogP contribution in [0, 0.1) is 0 Å². The summed E-state index contributed by atoms with van der Waals surface area (Å²) in [6, 6.07) is 13.8. The van der Waals surface area contributed by atoms with Gasteiger partial charge in [0.05, 0.1) is 0 Å². The summed E-state index contributed by atoms with van der Waals surface area (Å²) in [6.07, 6.45) is 1.56. The monoisotopic (exact) mass is 372 g/mol. The van der Waals surface area contributed by atoms with Crippen LogP contribution in [0.3, 0.4) is 0 Å². The van der Waals surface area contributed by atoms with Crippen LogP contribution in [0.2, 0.25) is 10.0 Å². The van der Waals surface area contributed by atoms with Crippen molar-refractivity contribution in [2.45, 2.75) is 18.9 Å². The van der Waals surface area contributed by atoms with E-state index in [-0.39, 0.29) is 6.04 Å². The summed E-state index contributed by atoms with van der Waals surface area (Å²) in [4.78, 5) is 0. The molecule has 0 aliphatic heterocycles. The molecule has 0 spiro atoms. The molecule has 0 saturated carbocycles. The second kappa shape index (κ2) is 7.43. The Bertz CT molecular complexity index is 590. The first-order chi connectivity index (χ1) is 9.60. The topological polar surface area (TPSA) is 38.0 Å². The predicted octanol–water partition coefficient (Wildman–Crippen LogP) is 4.37. The highest BCUT2D eigenvalue weighted by Gasteiger charge is 2.12. The number of benzene rings is 2. The smallest absolute Gasteiger partial charge is 0.0453 e. The molecule has 2 rings (SSSR count). The van der Waals surface area contributed by atoms with Gasteiger partial charge < -0.3 is 0 Å². The highest BCUT2D eigenvalue weighted by atomic mass is 79.9. The Labute approximate surface area is 137 Å². The lowest BCUT2D eigenvalue weighted by atomic mass is 9.99. The molecular formula is C15H15BrCl2N2. The minimum Gasteiger partial charge on any atom is -0.271 e. The lowest BCUT2D eigenvalue weighted by Gasteiger charge is -2.17. The summed E-state index contributed by atoms with van der Waals surface area (Å²) < 4.78 is 1.09. The Balaban J connectivity index is 2.11. The molecule has 0 aliphatic rings. The summed E-state index contributed by atoms with van der Waals surface area (Å²) in [6.45, 7) is 0. The van der Waals surface area contributed by atoms with Crippen LogP contribution < -0.4 is 11.3 Å². The van der Waals surface area contributed by atoms with Gasteiger partial charge in [0.2, 0.25) is 0 Å². The van der Waals surface area contributed by atoms with Crippen LogP contribution in [0.5, 0.6) is 0 Å². The molecule has 20 heavy (non-hydrogen) atoms. The maximum absolute atomic E-state index is 6.20. The molecule has 3 N–H and O–H groups in total. The van der Waals surface area contributed by atoms with Crippen LogP contribution in [-0.2, 0) is 12.8 Å². The average Bonchev–Trinajstić information content (AvgIpc) is 2.43. The van der Waals surface area contributed by atoms with Crippen molar-refractivity contribution < 1.29 is 0 Å². The predicted molar refractivity (Wildman–Crippen MR) is 89.1 cm³/mol. The molecule has 0 amide bonds. The van der Waals surface area contributed by atoms with Gasteiger partial charge in [0, 0.05) is 20.6 Å². The van der Waals surface area contributed by atoms with Crippen LogP contribution in [0.25, 0.3) is 0 Å². The van der Waals surface area contributed by atoms with Gasteiger partial charge in [-0.2, -0.15) is 0 Å². The van der Waals surface area contributed by atoms with Crippen molar-refractivity contribution in [3.63, 3.8) is 0 Å². The highest BCUT2D eigenvalue weighted by molar-refractivity contribution is 9.10. The Morgan fingerprint density at radius 2 is 1.75 bits per heavy atom. The van der Waals surface area contributed by atoms with Gasteiger partial charge in [-0.1, -0.05) is 63.4 Å². The zero-order valence-electron chi connectivity index (χ0n) is 10.7. The number of nitrogens with two attached hydrogens (primary N) is 1. The van der Waals surface area contributed by atoms with Gasteiger partial charge in [0.25, 0.3) is 0 Å². The third kappa shape index (κ3) is 4.21. The molecule has 0 heterocycles. The van der Waals surface area contributed by atoms with E-state index in [0.717, 1.165) is 22.9 Å². The zero-order chi connectivity index (χ0) is 14.5. The largest absolute Gasteiger partial charge is 0.271 e. The Morgan fingerprint density at radius 3 is 2.40 bits per heavy atom. The van der Waals surface area contributed by atoms with Gasteiger partial charge in [0.1, 0.15) is 0 Å². The molecule has 0 aliphatic carbocycles. The highest BCUT2D eigenvalue weighted by Crippen LogP contribution is 2.24. The standard InChI is InChI=1S/C15H15BrCl2N2/c16-14-4-2-1-3-10(14)7-13(20-19)8-11-5-6-12(17)9-15(11)18/h1-6,9,13,20H,7-8,19H2. The maximum atomic E-state index is 6.20. The Morgan fingerprint density at radius 1 is 1.05 bits per heavy atom. The minimum atomic E-state index is 0.104. The molecule has 0 radical (unpaired) electrons. The first kappa shape index (κ1) is 15.8. The molecule has 1 atom stereocenters. The van der Waals surface area contributed by atoms with Gasteiger partial charge >= 0.3 is 0 Å². The summed E-state index contributed by atoms with van der Waals surface area (Å²) in [5.41, 5.74) is 5.10. The number of rotatable bonds is 5. The normalized spacial score (nSPS) is 12.4. The van der Waals surface area contributed by atoms with Crippen molar-refractivity contribution in [2.75, 3.05) is 0 Å². The third-order valence-corrected chi connectivity index (χ3v) is 4.50. The van der Waals surface area contributed by atoms with Crippen molar-refractivity contribution in [1.82, 2.24) is 5.43 Å². The van der Waals surface area contributed by atoms with Gasteiger partial charge in [-0.15, -0.1) is 0 Å². The summed E-state index contributed by atoms with van der Waals surface area (Å²) in [7, 11) is 0. The Hall–Kier alpha value is -0.580. The molecular weight excluding hydrogens is 359 g/mol. The quantitative estimate of drug-likeness (QED) is 0.603. The van der Waals surface area contributed by atoms with E-state index in [9.17, 15) is 0 Å². The molecule has 0 aromatic heterocycles. The van der Waals surface area contributed by atoms with Crippen LogP contribution in [0.1, 0.15) is 11.1 Å². The Kier molecular flexibility index (Phi) is 5.87. The van der Waals surface area contributed by atoms with E-state index in [1.165, 1.54) is 5.56 Å². The van der Waals surface area contributed by atoms with Gasteiger partial charge in [-0.05, 0) is 42.2 Å². The molecule has 1 unspecified atom stereocenters. The molecule has 0 saturated heterocycles. The van der Waals surface area contributed by atoms with E-state index in [1.54, 1.807) is 6.07 Å². The molecule has 0 bridgehead atoms. The molecule has 2 aromatic carbocycles. The van der Waals surface area contributed by atoms with E-state index in [2.05, 4.69) is 27.4 Å². The number of hydrazine groups is 1. The molecule has 106 valence electrons. The van der Waals surface area contributed by atoms with Crippen LogP contribution in [0.4, 0.5) is 0 Å². The van der Waals surface area contributed by atoms with Crippen LogP contribution in [-0.4, -0.2) is 6.04 Å². The fourth-order valence-corrected chi connectivity index (χ4v) is 3.00. The van der Waals surface area contributed by atoms with Crippen LogP contribution in [0.15, 0.2) is 46.9 Å². The van der Waals surface area contributed by atoms with E-state index >= 15 is 0 Å². The molecule has 2 nitrogen and oxygen atoms in total. The van der Waals surface area contributed by atoms with E-state index in [0.29, 0.717) is 10.0 Å². The van der Waals surface area contributed by atoms with Crippen LogP contribution >= 0.6 is 39.1 Å². The number of hydrogen-bond donors (Lipinski definition) is 2. The summed E-state index contributed by atoms with van der Waals surface area (Å²) in [5, 5.41) is 1.31. The third-order valence-electron chi connectivity index (χ3n) is 3.14. The van der Waals surface area contributed by atoms with E-state index < -0.39 is 0 Å². The summed E-state index contributed by atoms with van der Waals surface area (Å²) >= 11 is 15.7. The van der Waals surface area contributed by atoms with Gasteiger partial charge in [-0.25, -0.2) is 0 Å².